The van der Waals surface area contributed by atoms with E-state index >= 15 is 0 Å². The molecule has 118 valence electrons. The second-order valence-electron chi connectivity index (χ2n) is 4.82. The minimum Gasteiger partial charge on any atom is -0.466 e. The Morgan fingerprint density at radius 2 is 2.14 bits per heavy atom. The summed E-state index contributed by atoms with van der Waals surface area (Å²) in [6.45, 7) is 3.74. The Hall–Kier alpha value is -2.61. The molecule has 0 bridgehead atoms. The smallest absolute Gasteiger partial charge is 0.433 e. The van der Waals surface area contributed by atoms with E-state index in [-0.39, 0.29) is 18.7 Å². The first-order valence-electron chi connectivity index (χ1n) is 6.66. The predicted octanol–water partition coefficient (Wildman–Crippen LogP) is 2.25. The molecular formula is C14H16N2O6. The Balaban J connectivity index is 1.86. The van der Waals surface area contributed by atoms with Crippen molar-refractivity contribution in [1.29, 1.82) is 0 Å². The summed E-state index contributed by atoms with van der Waals surface area (Å²) in [6, 6.07) is 4.09. The first-order valence-corrected chi connectivity index (χ1v) is 6.66. The Morgan fingerprint density at radius 1 is 1.41 bits per heavy atom. The average molecular weight is 308 g/mol. The fraction of sp³-hybridized carbons (Fsp3) is 0.357. The number of amides is 1. The zero-order valence-corrected chi connectivity index (χ0v) is 12.2. The van der Waals surface area contributed by atoms with Crippen molar-refractivity contribution in [2.24, 2.45) is 0 Å². The quantitative estimate of drug-likeness (QED) is 0.624. The maximum absolute atomic E-state index is 11.7. The molecule has 1 atom stereocenters. The van der Waals surface area contributed by atoms with Gasteiger partial charge < -0.3 is 19.3 Å². The van der Waals surface area contributed by atoms with E-state index in [2.05, 4.69) is 5.32 Å². The molecule has 0 saturated heterocycles. The minimum absolute atomic E-state index is 0.142. The monoisotopic (exact) mass is 308 g/mol. The molecule has 0 aliphatic rings. The first kappa shape index (κ1) is 15.8. The van der Waals surface area contributed by atoms with Crippen LogP contribution in [0.4, 0.5) is 5.88 Å². The maximum Gasteiger partial charge on any atom is 0.433 e. The van der Waals surface area contributed by atoms with Crippen LogP contribution in [0.25, 0.3) is 0 Å². The molecule has 8 nitrogen and oxygen atoms in total. The van der Waals surface area contributed by atoms with Gasteiger partial charge in [-0.25, -0.2) is 0 Å². The molecule has 1 unspecified atom stereocenters. The van der Waals surface area contributed by atoms with Crippen LogP contribution in [-0.4, -0.2) is 22.5 Å². The lowest BCUT2D eigenvalue weighted by Gasteiger charge is -2.09. The number of nitrogens with zero attached hydrogens (tertiary/aromatic N) is 1. The van der Waals surface area contributed by atoms with Crippen LogP contribution in [0.15, 0.2) is 27.0 Å². The highest BCUT2D eigenvalue weighted by atomic mass is 16.6. The third-order valence-corrected chi connectivity index (χ3v) is 3.14. The van der Waals surface area contributed by atoms with Gasteiger partial charge in [-0.3, -0.25) is 14.9 Å². The Bertz CT molecular complexity index is 687. The van der Waals surface area contributed by atoms with Crippen LogP contribution < -0.4 is 5.32 Å². The highest BCUT2D eigenvalue weighted by Crippen LogP contribution is 2.23. The number of carbonyl (C=O) groups is 1. The molecule has 0 aliphatic carbocycles. The fourth-order valence-corrected chi connectivity index (χ4v) is 2.09. The van der Waals surface area contributed by atoms with Gasteiger partial charge in [0.05, 0.1) is 12.2 Å². The van der Waals surface area contributed by atoms with Gasteiger partial charge in [-0.1, -0.05) is 0 Å². The fourth-order valence-electron chi connectivity index (χ4n) is 2.09. The van der Waals surface area contributed by atoms with Crippen molar-refractivity contribution in [2.45, 2.75) is 26.4 Å². The van der Waals surface area contributed by atoms with E-state index in [4.69, 9.17) is 8.83 Å². The Morgan fingerprint density at radius 3 is 2.68 bits per heavy atom. The zero-order chi connectivity index (χ0) is 16.3. The molecule has 0 saturated carbocycles. The van der Waals surface area contributed by atoms with Gasteiger partial charge >= 0.3 is 5.88 Å². The number of aliphatic hydroxyl groups is 1. The molecule has 0 aromatic carbocycles. The lowest BCUT2D eigenvalue weighted by molar-refractivity contribution is -0.402. The van der Waals surface area contributed by atoms with Crippen molar-refractivity contribution >= 4 is 11.8 Å². The molecule has 2 aromatic heterocycles. The summed E-state index contributed by atoms with van der Waals surface area (Å²) < 4.78 is 10.1. The van der Waals surface area contributed by atoms with Crippen LogP contribution in [0.3, 0.4) is 0 Å². The second kappa shape index (κ2) is 6.44. The van der Waals surface area contributed by atoms with Crippen molar-refractivity contribution < 1.29 is 23.7 Å². The third kappa shape index (κ3) is 3.53. The molecule has 2 N–H and O–H groups in total. The summed E-state index contributed by atoms with van der Waals surface area (Å²) in [6.07, 6.45) is -0.474. The number of rotatable bonds is 6. The number of nitrogens with one attached hydrogen (secondary N) is 1. The number of carbonyl (C=O) groups excluding carboxylic acids is 1. The lowest BCUT2D eigenvalue weighted by atomic mass is 10.1. The summed E-state index contributed by atoms with van der Waals surface area (Å²) in [7, 11) is 0. The second-order valence-corrected chi connectivity index (χ2v) is 4.82. The lowest BCUT2D eigenvalue weighted by Crippen LogP contribution is -2.25. The summed E-state index contributed by atoms with van der Waals surface area (Å²) >= 11 is 0. The highest BCUT2D eigenvalue weighted by molar-refractivity contribution is 5.91. The van der Waals surface area contributed by atoms with E-state index in [0.29, 0.717) is 17.1 Å². The van der Waals surface area contributed by atoms with Crippen molar-refractivity contribution in [1.82, 2.24) is 5.32 Å². The highest BCUT2D eigenvalue weighted by Gasteiger charge is 2.18. The van der Waals surface area contributed by atoms with Gasteiger partial charge in [0.2, 0.25) is 0 Å². The molecule has 2 heterocycles. The number of hydrogen-bond donors (Lipinski definition) is 2. The van der Waals surface area contributed by atoms with Crippen LogP contribution in [0, 0.1) is 24.0 Å². The molecule has 22 heavy (non-hydrogen) atoms. The van der Waals surface area contributed by atoms with Gasteiger partial charge in [0.1, 0.15) is 16.4 Å². The Kier molecular flexibility index (Phi) is 4.62. The van der Waals surface area contributed by atoms with E-state index in [1.54, 1.807) is 19.9 Å². The molecule has 0 radical (unpaired) electrons. The minimum atomic E-state index is -0.760. The average Bonchev–Trinajstić information content (AvgIpc) is 3.05. The largest absolute Gasteiger partial charge is 0.466 e. The van der Waals surface area contributed by atoms with Crippen molar-refractivity contribution in [3.63, 3.8) is 0 Å². The molecule has 8 heteroatoms. The predicted molar refractivity (Wildman–Crippen MR) is 75.5 cm³/mol. The number of nitro groups is 1. The van der Waals surface area contributed by atoms with Crippen LogP contribution in [0.5, 0.6) is 0 Å². The van der Waals surface area contributed by atoms with Gasteiger partial charge in [0.15, 0.2) is 5.76 Å². The molecule has 0 spiro atoms. The summed E-state index contributed by atoms with van der Waals surface area (Å²) in [5, 5.41) is 23.1. The van der Waals surface area contributed by atoms with Crippen LogP contribution >= 0.6 is 0 Å². The molecular weight excluding hydrogens is 292 g/mol. The van der Waals surface area contributed by atoms with Gasteiger partial charge in [0.25, 0.3) is 5.91 Å². The normalized spacial score (nSPS) is 12.1. The van der Waals surface area contributed by atoms with Gasteiger partial charge in [-0.05, 0) is 32.4 Å². The van der Waals surface area contributed by atoms with E-state index in [1.807, 2.05) is 0 Å². The van der Waals surface area contributed by atoms with Gasteiger partial charge in [-0.2, -0.15) is 0 Å². The van der Waals surface area contributed by atoms with Crippen LogP contribution in [0.2, 0.25) is 0 Å². The van der Waals surface area contributed by atoms with Crippen LogP contribution in [0.1, 0.15) is 40.2 Å². The zero-order valence-electron chi connectivity index (χ0n) is 12.2. The first-order chi connectivity index (χ1) is 10.4. The maximum atomic E-state index is 11.7. The summed E-state index contributed by atoms with van der Waals surface area (Å²) in [5.74, 6) is 0.142. The summed E-state index contributed by atoms with van der Waals surface area (Å²) in [5.41, 5.74) is 0.681. The van der Waals surface area contributed by atoms with E-state index < -0.39 is 22.8 Å². The van der Waals surface area contributed by atoms with Crippen LogP contribution in [-0.2, 0) is 0 Å². The van der Waals surface area contributed by atoms with Crippen molar-refractivity contribution in [2.75, 3.05) is 6.54 Å². The van der Waals surface area contributed by atoms with E-state index in [0.717, 1.165) is 6.07 Å². The van der Waals surface area contributed by atoms with Gasteiger partial charge in [-0.15, -0.1) is 0 Å². The number of hydrogen-bond acceptors (Lipinski definition) is 6. The SMILES string of the molecule is Cc1cc(C(O)CCNC(=O)c2ccc([N+](=O)[O-])o2)c(C)o1. The topological polar surface area (TPSA) is 119 Å². The van der Waals surface area contributed by atoms with Gasteiger partial charge in [0, 0.05) is 12.1 Å². The summed E-state index contributed by atoms with van der Waals surface area (Å²) in [4.78, 5) is 21.5. The molecule has 2 aromatic rings. The van der Waals surface area contributed by atoms with E-state index in [1.165, 1.54) is 6.07 Å². The van der Waals surface area contributed by atoms with E-state index in [9.17, 15) is 20.0 Å². The molecule has 0 fully saturated rings. The molecule has 0 aliphatic heterocycles. The van der Waals surface area contributed by atoms with Crippen molar-refractivity contribution in [3.8, 4) is 0 Å². The number of furan rings is 2. The number of aryl methyl sites for hydroxylation is 2. The standard InChI is InChI=1S/C14H16N2O6/c1-8-7-10(9(2)21-8)11(17)5-6-15-14(18)12-3-4-13(22-12)16(19)20/h3-4,7,11,17H,5-6H2,1-2H3,(H,15,18). The van der Waals surface area contributed by atoms with Crippen molar-refractivity contribution in [3.05, 3.63) is 51.2 Å². The third-order valence-electron chi connectivity index (χ3n) is 3.14. The number of aliphatic hydroxyl groups excluding tert-OH is 1. The Labute approximate surface area is 125 Å². The molecule has 2 rings (SSSR count). The molecule has 1 amide bonds.